The van der Waals surface area contributed by atoms with Crippen molar-refractivity contribution in [1.82, 2.24) is 9.78 Å². The summed E-state index contributed by atoms with van der Waals surface area (Å²) in [5, 5.41) is 9.91. The van der Waals surface area contributed by atoms with Crippen LogP contribution in [0.4, 0.5) is 5.69 Å². The molecule has 1 unspecified atom stereocenters. The molecular weight excluding hydrogens is 218 g/mol. The normalized spacial score (nSPS) is 12.7. The van der Waals surface area contributed by atoms with Gasteiger partial charge in [0.15, 0.2) is 0 Å². The van der Waals surface area contributed by atoms with Gasteiger partial charge in [-0.15, -0.1) is 11.3 Å². The fourth-order valence-corrected chi connectivity index (χ4v) is 2.55. The summed E-state index contributed by atoms with van der Waals surface area (Å²) in [5.74, 6) is 0. The Balaban J connectivity index is 2.16. The second-order valence-corrected chi connectivity index (χ2v) is 4.87. The van der Waals surface area contributed by atoms with Crippen molar-refractivity contribution in [1.29, 1.82) is 0 Å². The van der Waals surface area contributed by atoms with Crippen LogP contribution in [0.2, 0.25) is 0 Å². The van der Waals surface area contributed by atoms with Crippen LogP contribution in [-0.2, 0) is 7.05 Å². The molecular formula is C12H17N3S. The molecule has 0 radical (unpaired) electrons. The summed E-state index contributed by atoms with van der Waals surface area (Å²) in [4.78, 5) is 1.38. The Bertz CT molecular complexity index is 445. The van der Waals surface area contributed by atoms with E-state index >= 15 is 0 Å². The first-order valence-corrected chi connectivity index (χ1v) is 6.39. The van der Waals surface area contributed by atoms with Crippen LogP contribution in [0.25, 0.3) is 0 Å². The van der Waals surface area contributed by atoms with Crippen LogP contribution in [-0.4, -0.2) is 9.78 Å². The third kappa shape index (κ3) is 2.11. The van der Waals surface area contributed by atoms with Gasteiger partial charge in [-0.3, -0.25) is 4.68 Å². The molecule has 2 heterocycles. The standard InChI is InChI=1S/C12H17N3S/c1-4-10(12-6-5-7-16-12)14-11-8-13-15(3)9(11)2/h5-8,10,14H,4H2,1-3H3. The van der Waals surface area contributed by atoms with E-state index in [1.165, 1.54) is 10.6 Å². The minimum atomic E-state index is 0.392. The minimum Gasteiger partial charge on any atom is -0.375 e. The Morgan fingerprint density at radius 1 is 1.56 bits per heavy atom. The van der Waals surface area contributed by atoms with Crippen molar-refractivity contribution < 1.29 is 0 Å². The first kappa shape index (κ1) is 11.2. The number of aromatic nitrogens is 2. The molecule has 0 bridgehead atoms. The largest absolute Gasteiger partial charge is 0.375 e. The highest BCUT2D eigenvalue weighted by molar-refractivity contribution is 7.10. The third-order valence-corrected chi connectivity index (χ3v) is 3.85. The zero-order valence-electron chi connectivity index (χ0n) is 9.90. The quantitative estimate of drug-likeness (QED) is 0.880. The molecule has 86 valence electrons. The number of hydrogen-bond acceptors (Lipinski definition) is 3. The topological polar surface area (TPSA) is 29.9 Å². The van der Waals surface area contributed by atoms with Crippen LogP contribution in [0.3, 0.4) is 0 Å². The molecule has 0 aromatic carbocycles. The number of thiophene rings is 1. The summed E-state index contributed by atoms with van der Waals surface area (Å²) >= 11 is 1.80. The molecule has 0 fully saturated rings. The number of rotatable bonds is 4. The molecule has 2 rings (SSSR count). The van der Waals surface area contributed by atoms with E-state index in [4.69, 9.17) is 0 Å². The van der Waals surface area contributed by atoms with Crippen LogP contribution in [0.5, 0.6) is 0 Å². The highest BCUT2D eigenvalue weighted by Gasteiger charge is 2.12. The first-order valence-electron chi connectivity index (χ1n) is 5.51. The van der Waals surface area contributed by atoms with Crippen molar-refractivity contribution in [2.24, 2.45) is 7.05 Å². The lowest BCUT2D eigenvalue weighted by Gasteiger charge is -2.16. The summed E-state index contributed by atoms with van der Waals surface area (Å²) in [6, 6.07) is 4.67. The lowest BCUT2D eigenvalue weighted by Crippen LogP contribution is -2.08. The van der Waals surface area contributed by atoms with Gasteiger partial charge in [0.25, 0.3) is 0 Å². The van der Waals surface area contributed by atoms with Crippen molar-refractivity contribution in [3.05, 3.63) is 34.3 Å². The second kappa shape index (κ2) is 4.70. The lowest BCUT2D eigenvalue weighted by molar-refractivity contribution is 0.736. The van der Waals surface area contributed by atoms with Gasteiger partial charge in [-0.2, -0.15) is 5.10 Å². The Hall–Kier alpha value is -1.29. The number of nitrogens with one attached hydrogen (secondary N) is 1. The zero-order chi connectivity index (χ0) is 11.5. The van der Waals surface area contributed by atoms with E-state index in [0.717, 1.165) is 12.1 Å². The van der Waals surface area contributed by atoms with Gasteiger partial charge in [-0.1, -0.05) is 13.0 Å². The van der Waals surface area contributed by atoms with Crippen molar-refractivity contribution in [2.45, 2.75) is 26.3 Å². The Labute approximate surface area is 100 Å². The van der Waals surface area contributed by atoms with E-state index < -0.39 is 0 Å². The minimum absolute atomic E-state index is 0.392. The van der Waals surface area contributed by atoms with Gasteiger partial charge >= 0.3 is 0 Å². The average molecular weight is 235 g/mol. The number of hydrogen-bond donors (Lipinski definition) is 1. The molecule has 0 saturated carbocycles. The van der Waals surface area contributed by atoms with Gasteiger partial charge in [0.2, 0.25) is 0 Å². The summed E-state index contributed by atoms with van der Waals surface area (Å²) < 4.78 is 1.89. The zero-order valence-corrected chi connectivity index (χ0v) is 10.7. The summed E-state index contributed by atoms with van der Waals surface area (Å²) in [6.45, 7) is 4.28. The van der Waals surface area contributed by atoms with Crippen LogP contribution in [0, 0.1) is 6.92 Å². The predicted molar refractivity (Wildman–Crippen MR) is 68.9 cm³/mol. The monoisotopic (exact) mass is 235 g/mol. The third-order valence-electron chi connectivity index (χ3n) is 2.86. The maximum Gasteiger partial charge on any atom is 0.0761 e. The Morgan fingerprint density at radius 2 is 2.38 bits per heavy atom. The molecule has 2 aromatic rings. The Morgan fingerprint density at radius 3 is 2.88 bits per heavy atom. The molecule has 16 heavy (non-hydrogen) atoms. The van der Waals surface area contributed by atoms with Gasteiger partial charge in [0.1, 0.15) is 0 Å². The van der Waals surface area contributed by atoms with Crippen LogP contribution < -0.4 is 5.32 Å². The fourth-order valence-electron chi connectivity index (χ4n) is 1.69. The van der Waals surface area contributed by atoms with E-state index in [1.54, 1.807) is 11.3 Å². The van der Waals surface area contributed by atoms with E-state index in [9.17, 15) is 0 Å². The smallest absolute Gasteiger partial charge is 0.0761 e. The fraction of sp³-hybridized carbons (Fsp3) is 0.417. The predicted octanol–water partition coefficient (Wildman–Crippen LogP) is 3.35. The maximum absolute atomic E-state index is 4.24. The van der Waals surface area contributed by atoms with Crippen LogP contribution in [0.15, 0.2) is 23.7 Å². The average Bonchev–Trinajstić information content (AvgIpc) is 2.90. The molecule has 4 heteroatoms. The van der Waals surface area contributed by atoms with Crippen molar-refractivity contribution in [2.75, 3.05) is 5.32 Å². The summed E-state index contributed by atoms with van der Waals surface area (Å²) in [6.07, 6.45) is 2.97. The SMILES string of the molecule is CCC(Nc1cnn(C)c1C)c1cccs1. The summed E-state index contributed by atoms with van der Waals surface area (Å²) in [7, 11) is 1.96. The molecule has 1 N–H and O–H groups in total. The van der Waals surface area contributed by atoms with Gasteiger partial charge in [-0.25, -0.2) is 0 Å². The molecule has 1 atom stereocenters. The van der Waals surface area contributed by atoms with Crippen molar-refractivity contribution in [3.8, 4) is 0 Å². The van der Waals surface area contributed by atoms with Gasteiger partial charge in [-0.05, 0) is 24.8 Å². The first-order chi connectivity index (χ1) is 7.72. The summed E-state index contributed by atoms with van der Waals surface area (Å²) in [5.41, 5.74) is 2.30. The lowest BCUT2D eigenvalue weighted by atomic mass is 10.2. The second-order valence-electron chi connectivity index (χ2n) is 3.89. The molecule has 0 aliphatic heterocycles. The highest BCUT2D eigenvalue weighted by Crippen LogP contribution is 2.27. The van der Waals surface area contributed by atoms with E-state index in [1.807, 2.05) is 17.9 Å². The maximum atomic E-state index is 4.24. The van der Waals surface area contributed by atoms with Gasteiger partial charge < -0.3 is 5.32 Å². The highest BCUT2D eigenvalue weighted by atomic mass is 32.1. The van der Waals surface area contributed by atoms with Gasteiger partial charge in [0.05, 0.1) is 23.6 Å². The molecule has 0 saturated heterocycles. The molecule has 3 nitrogen and oxygen atoms in total. The van der Waals surface area contributed by atoms with E-state index in [2.05, 4.69) is 41.8 Å². The number of aryl methyl sites for hydroxylation is 1. The van der Waals surface area contributed by atoms with Crippen molar-refractivity contribution in [3.63, 3.8) is 0 Å². The molecule has 0 amide bonds. The number of anilines is 1. The van der Waals surface area contributed by atoms with Crippen LogP contribution >= 0.6 is 11.3 Å². The Kier molecular flexibility index (Phi) is 3.29. The molecule has 0 aliphatic rings. The number of nitrogens with zero attached hydrogens (tertiary/aromatic N) is 2. The van der Waals surface area contributed by atoms with Gasteiger partial charge in [0, 0.05) is 11.9 Å². The van der Waals surface area contributed by atoms with E-state index in [0.29, 0.717) is 6.04 Å². The van der Waals surface area contributed by atoms with E-state index in [-0.39, 0.29) is 0 Å². The van der Waals surface area contributed by atoms with Crippen LogP contribution in [0.1, 0.15) is 30.0 Å². The molecule has 0 aliphatic carbocycles. The molecule has 2 aromatic heterocycles. The van der Waals surface area contributed by atoms with Crippen molar-refractivity contribution >= 4 is 17.0 Å². The molecule has 0 spiro atoms.